The molecule has 2 aromatic rings. The average molecular weight is 398 g/mol. The van der Waals surface area contributed by atoms with Gasteiger partial charge in [-0.05, 0) is 48.4 Å². The summed E-state index contributed by atoms with van der Waals surface area (Å²) in [5.41, 5.74) is 1.28. The molecule has 2 aromatic carbocycles. The van der Waals surface area contributed by atoms with Crippen LogP contribution in [0.15, 0.2) is 54.2 Å². The minimum atomic E-state index is -0.515. The lowest BCUT2D eigenvalue weighted by molar-refractivity contribution is -0.120. The maximum Gasteiger partial charge on any atom is 0.282 e. The van der Waals surface area contributed by atoms with Gasteiger partial charge in [0.2, 0.25) is 0 Å². The fourth-order valence-electron chi connectivity index (χ4n) is 3.16. The monoisotopic (exact) mass is 398 g/mol. The first kappa shape index (κ1) is 20.5. The summed E-state index contributed by atoms with van der Waals surface area (Å²) >= 11 is 0. The van der Waals surface area contributed by atoms with E-state index in [-0.39, 0.29) is 30.1 Å². The van der Waals surface area contributed by atoms with Crippen molar-refractivity contribution in [2.75, 3.05) is 31.7 Å². The molecule has 1 aliphatic rings. The number of hydrogen-bond donors (Lipinski definition) is 1. The summed E-state index contributed by atoms with van der Waals surface area (Å²) in [6.45, 7) is 2.61. The molecule has 6 nitrogen and oxygen atoms in total. The molecule has 1 aliphatic heterocycles. The van der Waals surface area contributed by atoms with Gasteiger partial charge in [-0.15, -0.1) is 0 Å². The highest BCUT2D eigenvalue weighted by atomic mass is 19.1. The Labute approximate surface area is 168 Å². The summed E-state index contributed by atoms with van der Waals surface area (Å²) in [4.78, 5) is 28.9. The van der Waals surface area contributed by atoms with Crippen molar-refractivity contribution >= 4 is 23.1 Å². The molecule has 29 heavy (non-hydrogen) atoms. The summed E-state index contributed by atoms with van der Waals surface area (Å²) in [6.07, 6.45) is 0.878. The average Bonchev–Trinajstić information content (AvgIpc) is 2.98. The van der Waals surface area contributed by atoms with Crippen LogP contribution in [0.25, 0.3) is 5.57 Å². The van der Waals surface area contributed by atoms with Crippen LogP contribution in [0.1, 0.15) is 18.9 Å². The molecule has 2 amide bonds. The third kappa shape index (κ3) is 4.14. The van der Waals surface area contributed by atoms with E-state index in [0.29, 0.717) is 17.9 Å². The Balaban J connectivity index is 2.02. The fourth-order valence-corrected chi connectivity index (χ4v) is 3.16. The fraction of sp³-hybridized carbons (Fsp3) is 0.273. The molecule has 0 aromatic heterocycles. The van der Waals surface area contributed by atoms with Crippen molar-refractivity contribution in [2.45, 2.75) is 13.3 Å². The summed E-state index contributed by atoms with van der Waals surface area (Å²) in [5, 5.41) is 9.31. The van der Waals surface area contributed by atoms with E-state index in [1.54, 1.807) is 36.2 Å². The highest BCUT2D eigenvalue weighted by Gasteiger charge is 2.41. The third-order valence-electron chi connectivity index (χ3n) is 4.58. The first-order valence-electron chi connectivity index (χ1n) is 9.41. The van der Waals surface area contributed by atoms with Crippen LogP contribution in [0.5, 0.6) is 5.75 Å². The van der Waals surface area contributed by atoms with Crippen molar-refractivity contribution < 1.29 is 23.8 Å². The number of aliphatic hydroxyl groups excluding tert-OH is 1. The lowest BCUT2D eigenvalue weighted by atomic mass is 10.0. The molecule has 0 atom stereocenters. The van der Waals surface area contributed by atoms with E-state index < -0.39 is 17.6 Å². The van der Waals surface area contributed by atoms with Crippen molar-refractivity contribution in [1.29, 1.82) is 0 Å². The van der Waals surface area contributed by atoms with Crippen LogP contribution >= 0.6 is 0 Å². The minimum Gasteiger partial charge on any atom is -0.494 e. The molecule has 1 heterocycles. The maximum atomic E-state index is 13.3. The smallest absolute Gasteiger partial charge is 0.282 e. The van der Waals surface area contributed by atoms with Crippen LogP contribution in [-0.2, 0) is 9.59 Å². The Morgan fingerprint density at radius 2 is 1.69 bits per heavy atom. The first-order chi connectivity index (χ1) is 14.0. The van der Waals surface area contributed by atoms with Crippen LogP contribution in [0.2, 0.25) is 0 Å². The van der Waals surface area contributed by atoms with Crippen molar-refractivity contribution in [1.82, 2.24) is 4.90 Å². The van der Waals surface area contributed by atoms with Crippen molar-refractivity contribution in [3.05, 3.63) is 65.6 Å². The number of nitrogens with zero attached hydrogens (tertiary/aromatic N) is 2. The summed E-state index contributed by atoms with van der Waals surface area (Å²) in [6, 6.07) is 12.1. The van der Waals surface area contributed by atoms with E-state index in [9.17, 15) is 19.1 Å². The predicted molar refractivity (Wildman–Crippen MR) is 108 cm³/mol. The molecule has 152 valence electrons. The highest BCUT2D eigenvalue weighted by Crippen LogP contribution is 2.34. The Morgan fingerprint density at radius 1 is 1.03 bits per heavy atom. The van der Waals surface area contributed by atoms with Gasteiger partial charge >= 0.3 is 0 Å². The number of carbonyl (C=O) groups is 2. The second-order valence-corrected chi connectivity index (χ2v) is 6.66. The summed E-state index contributed by atoms with van der Waals surface area (Å²) in [7, 11) is 1.64. The second kappa shape index (κ2) is 8.87. The SMILES string of the molecule is CCCOc1ccc(C2=C(N(C)CCO)C(=O)N(c3ccc(F)cc3)C2=O)cc1. The standard InChI is InChI=1S/C22H23FN2O4/c1-3-14-29-18-10-4-15(5-11-18)19-20(24(2)12-13-26)22(28)25(21(19)27)17-8-6-16(23)7-9-17/h4-11,26H,3,12-14H2,1-2H3. The van der Waals surface area contributed by atoms with E-state index in [4.69, 9.17) is 4.74 Å². The van der Waals surface area contributed by atoms with Crippen LogP contribution in [0.3, 0.4) is 0 Å². The lowest BCUT2D eigenvalue weighted by Crippen LogP contribution is -2.34. The second-order valence-electron chi connectivity index (χ2n) is 6.66. The Kier molecular flexibility index (Phi) is 6.29. The van der Waals surface area contributed by atoms with Gasteiger partial charge in [-0.1, -0.05) is 19.1 Å². The number of rotatable bonds is 8. The van der Waals surface area contributed by atoms with E-state index in [1.807, 2.05) is 6.92 Å². The van der Waals surface area contributed by atoms with Crippen molar-refractivity contribution in [3.8, 4) is 5.75 Å². The summed E-state index contributed by atoms with van der Waals surface area (Å²) < 4.78 is 18.9. The van der Waals surface area contributed by atoms with Gasteiger partial charge in [-0.2, -0.15) is 0 Å². The third-order valence-corrected chi connectivity index (χ3v) is 4.58. The van der Waals surface area contributed by atoms with Gasteiger partial charge in [0.05, 0.1) is 24.5 Å². The molecule has 0 spiro atoms. The number of imide groups is 1. The molecule has 0 fully saturated rings. The number of benzene rings is 2. The van der Waals surface area contributed by atoms with Gasteiger partial charge in [0, 0.05) is 13.6 Å². The number of anilines is 1. The maximum absolute atomic E-state index is 13.3. The minimum absolute atomic E-state index is 0.172. The van der Waals surface area contributed by atoms with Gasteiger partial charge in [0.1, 0.15) is 17.3 Å². The van der Waals surface area contributed by atoms with Crippen molar-refractivity contribution in [2.24, 2.45) is 0 Å². The number of halogens is 1. The zero-order chi connectivity index (χ0) is 21.0. The number of aliphatic hydroxyl groups is 1. The van der Waals surface area contributed by atoms with E-state index in [2.05, 4.69) is 0 Å². The van der Waals surface area contributed by atoms with Gasteiger partial charge in [0.15, 0.2) is 0 Å². The zero-order valence-electron chi connectivity index (χ0n) is 16.4. The van der Waals surface area contributed by atoms with Crippen LogP contribution in [-0.4, -0.2) is 48.6 Å². The van der Waals surface area contributed by atoms with Gasteiger partial charge < -0.3 is 14.7 Å². The van der Waals surface area contributed by atoms with Gasteiger partial charge in [-0.25, -0.2) is 9.29 Å². The van der Waals surface area contributed by atoms with Crippen LogP contribution in [0.4, 0.5) is 10.1 Å². The largest absolute Gasteiger partial charge is 0.494 e. The number of carbonyl (C=O) groups excluding carboxylic acids is 2. The van der Waals surface area contributed by atoms with E-state index in [0.717, 1.165) is 11.3 Å². The number of amides is 2. The molecule has 0 radical (unpaired) electrons. The predicted octanol–water partition coefficient (Wildman–Crippen LogP) is 2.82. The topological polar surface area (TPSA) is 70.1 Å². The number of hydrogen-bond acceptors (Lipinski definition) is 5. The highest BCUT2D eigenvalue weighted by molar-refractivity contribution is 6.45. The van der Waals surface area contributed by atoms with E-state index >= 15 is 0 Å². The Hall–Kier alpha value is -3.19. The van der Waals surface area contributed by atoms with Crippen LogP contribution in [0, 0.1) is 5.82 Å². The van der Waals surface area contributed by atoms with Crippen molar-refractivity contribution in [3.63, 3.8) is 0 Å². The molecule has 0 aliphatic carbocycles. The quantitative estimate of drug-likeness (QED) is 0.693. The molecule has 0 bridgehead atoms. The van der Waals surface area contributed by atoms with Gasteiger partial charge in [-0.3, -0.25) is 9.59 Å². The number of ether oxygens (including phenoxy) is 1. The molecule has 0 unspecified atom stereocenters. The zero-order valence-corrected chi connectivity index (χ0v) is 16.4. The van der Waals surface area contributed by atoms with E-state index in [1.165, 1.54) is 24.3 Å². The Bertz CT molecular complexity index is 923. The molecular weight excluding hydrogens is 375 g/mol. The first-order valence-corrected chi connectivity index (χ1v) is 9.41. The normalized spacial score (nSPS) is 14.0. The lowest BCUT2D eigenvalue weighted by Gasteiger charge is -2.20. The Morgan fingerprint density at radius 3 is 2.28 bits per heavy atom. The molecular formula is C22H23FN2O4. The molecule has 1 N–H and O–H groups in total. The van der Waals surface area contributed by atoms with Crippen LogP contribution < -0.4 is 9.64 Å². The number of likely N-dealkylation sites (N-methyl/N-ethyl adjacent to an activating group) is 1. The molecule has 0 saturated carbocycles. The van der Waals surface area contributed by atoms with Gasteiger partial charge in [0.25, 0.3) is 11.8 Å². The molecule has 7 heteroatoms. The molecule has 0 saturated heterocycles. The summed E-state index contributed by atoms with van der Waals surface area (Å²) in [5.74, 6) is -0.794. The molecule has 3 rings (SSSR count).